The number of nitrogens with one attached hydrogen (secondary N) is 1. The summed E-state index contributed by atoms with van der Waals surface area (Å²) in [6.45, 7) is 4.40. The molecule has 0 bridgehead atoms. The molecule has 1 N–H and O–H groups in total. The average Bonchev–Trinajstić information content (AvgIpc) is 2.05. The molecule has 0 aromatic carbocycles. The molecule has 0 amide bonds. The van der Waals surface area contributed by atoms with E-state index in [0.29, 0.717) is 6.04 Å². The summed E-state index contributed by atoms with van der Waals surface area (Å²) in [6, 6.07) is 0.643. The molecule has 1 aliphatic heterocycles. The SMILES string of the molecule is CNC(C)C1CCC[N]C1. The van der Waals surface area contributed by atoms with E-state index < -0.39 is 0 Å². The van der Waals surface area contributed by atoms with Gasteiger partial charge in [-0.2, -0.15) is 0 Å². The van der Waals surface area contributed by atoms with Crippen molar-refractivity contribution >= 4 is 0 Å². The van der Waals surface area contributed by atoms with Gasteiger partial charge in [-0.3, -0.25) is 0 Å². The fourth-order valence-electron chi connectivity index (χ4n) is 1.46. The third kappa shape index (κ3) is 1.96. The summed E-state index contributed by atoms with van der Waals surface area (Å²) in [5.41, 5.74) is 0. The molecule has 1 saturated heterocycles. The second-order valence-corrected chi connectivity index (χ2v) is 3.11. The van der Waals surface area contributed by atoms with E-state index in [0.717, 1.165) is 19.0 Å². The minimum absolute atomic E-state index is 0.643. The minimum Gasteiger partial charge on any atom is -0.317 e. The van der Waals surface area contributed by atoms with Crippen molar-refractivity contribution in [3.8, 4) is 0 Å². The maximum Gasteiger partial charge on any atom is 0.0176 e. The van der Waals surface area contributed by atoms with E-state index in [1.54, 1.807) is 0 Å². The van der Waals surface area contributed by atoms with Crippen LogP contribution in [0.2, 0.25) is 0 Å². The van der Waals surface area contributed by atoms with Gasteiger partial charge in [-0.15, -0.1) is 0 Å². The van der Waals surface area contributed by atoms with Crippen molar-refractivity contribution in [3.63, 3.8) is 0 Å². The van der Waals surface area contributed by atoms with Crippen molar-refractivity contribution in [2.45, 2.75) is 25.8 Å². The largest absolute Gasteiger partial charge is 0.317 e. The zero-order chi connectivity index (χ0) is 7.40. The number of rotatable bonds is 2. The Morgan fingerprint density at radius 2 is 2.40 bits per heavy atom. The van der Waals surface area contributed by atoms with Gasteiger partial charge in [0.05, 0.1) is 0 Å². The highest BCUT2D eigenvalue weighted by molar-refractivity contribution is 4.76. The molecule has 2 unspecified atom stereocenters. The Hall–Kier alpha value is -0.0800. The second kappa shape index (κ2) is 3.94. The molecule has 0 aliphatic carbocycles. The van der Waals surface area contributed by atoms with Gasteiger partial charge in [-0.1, -0.05) is 0 Å². The van der Waals surface area contributed by atoms with Crippen molar-refractivity contribution in [2.75, 3.05) is 20.1 Å². The van der Waals surface area contributed by atoms with Crippen LogP contribution in [0.4, 0.5) is 0 Å². The summed E-state index contributed by atoms with van der Waals surface area (Å²) in [4.78, 5) is 0. The van der Waals surface area contributed by atoms with Crippen LogP contribution in [0, 0.1) is 5.92 Å². The lowest BCUT2D eigenvalue weighted by molar-refractivity contribution is 0.305. The number of hydrogen-bond donors (Lipinski definition) is 1. The van der Waals surface area contributed by atoms with Crippen LogP contribution in [0.3, 0.4) is 0 Å². The molecule has 0 spiro atoms. The molecule has 2 heteroatoms. The number of hydrogen-bond acceptors (Lipinski definition) is 1. The average molecular weight is 141 g/mol. The van der Waals surface area contributed by atoms with Crippen LogP contribution in [0.25, 0.3) is 0 Å². The normalized spacial score (nSPS) is 30.0. The van der Waals surface area contributed by atoms with Crippen molar-refractivity contribution in [1.82, 2.24) is 10.6 Å². The fraction of sp³-hybridized carbons (Fsp3) is 1.00. The van der Waals surface area contributed by atoms with Gasteiger partial charge in [0, 0.05) is 19.1 Å². The summed E-state index contributed by atoms with van der Waals surface area (Å²) in [5.74, 6) is 0.791. The van der Waals surface area contributed by atoms with E-state index in [-0.39, 0.29) is 0 Å². The van der Waals surface area contributed by atoms with Crippen LogP contribution in [0.1, 0.15) is 19.8 Å². The van der Waals surface area contributed by atoms with Gasteiger partial charge in [0.2, 0.25) is 0 Å². The van der Waals surface area contributed by atoms with E-state index in [1.165, 1.54) is 12.8 Å². The second-order valence-electron chi connectivity index (χ2n) is 3.11. The molecule has 1 aliphatic rings. The number of piperidine rings is 1. The van der Waals surface area contributed by atoms with Gasteiger partial charge >= 0.3 is 0 Å². The monoisotopic (exact) mass is 141 g/mol. The molecular weight excluding hydrogens is 124 g/mol. The first kappa shape index (κ1) is 8.02. The summed E-state index contributed by atoms with van der Waals surface area (Å²) in [7, 11) is 2.03. The zero-order valence-corrected chi connectivity index (χ0v) is 6.93. The van der Waals surface area contributed by atoms with Gasteiger partial charge in [0.15, 0.2) is 0 Å². The Morgan fingerprint density at radius 3 is 2.90 bits per heavy atom. The van der Waals surface area contributed by atoms with Crippen LogP contribution in [-0.2, 0) is 0 Å². The van der Waals surface area contributed by atoms with Crippen LogP contribution < -0.4 is 10.6 Å². The van der Waals surface area contributed by atoms with Gasteiger partial charge in [0.1, 0.15) is 0 Å². The molecule has 1 rings (SSSR count). The lowest BCUT2D eigenvalue weighted by atomic mass is 9.93. The van der Waals surface area contributed by atoms with Crippen molar-refractivity contribution in [3.05, 3.63) is 0 Å². The lowest BCUT2D eigenvalue weighted by Crippen LogP contribution is -2.38. The van der Waals surface area contributed by atoms with Gasteiger partial charge < -0.3 is 5.32 Å². The number of nitrogens with zero attached hydrogens (tertiary/aromatic N) is 1. The molecule has 2 atom stereocenters. The summed E-state index contributed by atoms with van der Waals surface area (Å²) in [5, 5.41) is 7.66. The van der Waals surface area contributed by atoms with Gasteiger partial charge in [-0.05, 0) is 32.7 Å². The first-order valence-corrected chi connectivity index (χ1v) is 4.15. The quantitative estimate of drug-likeness (QED) is 0.599. The maximum atomic E-state index is 4.39. The Kier molecular flexibility index (Phi) is 3.16. The first-order valence-electron chi connectivity index (χ1n) is 4.15. The Morgan fingerprint density at radius 1 is 1.60 bits per heavy atom. The molecular formula is C8H17N2. The molecule has 1 heterocycles. The molecule has 0 saturated carbocycles. The van der Waals surface area contributed by atoms with E-state index in [1.807, 2.05) is 7.05 Å². The maximum absolute atomic E-state index is 4.39. The summed E-state index contributed by atoms with van der Waals surface area (Å²) >= 11 is 0. The van der Waals surface area contributed by atoms with Crippen LogP contribution >= 0.6 is 0 Å². The molecule has 0 aromatic rings. The van der Waals surface area contributed by atoms with Crippen molar-refractivity contribution in [2.24, 2.45) is 5.92 Å². The third-order valence-electron chi connectivity index (χ3n) is 2.42. The lowest BCUT2D eigenvalue weighted by Gasteiger charge is -2.26. The van der Waals surface area contributed by atoms with Gasteiger partial charge in [0.25, 0.3) is 0 Å². The smallest absolute Gasteiger partial charge is 0.0176 e. The minimum atomic E-state index is 0.643. The highest BCUT2D eigenvalue weighted by Gasteiger charge is 2.18. The van der Waals surface area contributed by atoms with E-state index >= 15 is 0 Å². The van der Waals surface area contributed by atoms with Crippen molar-refractivity contribution < 1.29 is 0 Å². The summed E-state index contributed by atoms with van der Waals surface area (Å²) in [6.07, 6.45) is 2.64. The van der Waals surface area contributed by atoms with Crippen LogP contribution in [0.15, 0.2) is 0 Å². The predicted molar refractivity (Wildman–Crippen MR) is 43.1 cm³/mol. The molecule has 10 heavy (non-hydrogen) atoms. The van der Waals surface area contributed by atoms with Crippen LogP contribution in [-0.4, -0.2) is 26.2 Å². The summed E-state index contributed by atoms with van der Waals surface area (Å²) < 4.78 is 0. The Bertz CT molecular complexity index is 87.3. The topological polar surface area (TPSA) is 26.1 Å². The standard InChI is InChI=1S/C8H17N2/c1-7(9-2)8-4-3-5-10-6-8/h7-9H,3-6H2,1-2H3. The predicted octanol–water partition coefficient (Wildman–Crippen LogP) is 0.609. The molecule has 1 radical (unpaired) electrons. The third-order valence-corrected chi connectivity index (χ3v) is 2.42. The fourth-order valence-corrected chi connectivity index (χ4v) is 1.46. The Balaban J connectivity index is 2.24. The highest BCUT2D eigenvalue weighted by Crippen LogP contribution is 2.14. The van der Waals surface area contributed by atoms with Crippen LogP contribution in [0.5, 0.6) is 0 Å². The first-order chi connectivity index (χ1) is 4.84. The molecule has 0 aromatic heterocycles. The molecule has 2 nitrogen and oxygen atoms in total. The highest BCUT2D eigenvalue weighted by atomic mass is 14.9. The Labute approximate surface area is 63.4 Å². The molecule has 1 fully saturated rings. The van der Waals surface area contributed by atoms with Gasteiger partial charge in [-0.25, -0.2) is 5.32 Å². The van der Waals surface area contributed by atoms with Crippen molar-refractivity contribution in [1.29, 1.82) is 0 Å². The van der Waals surface area contributed by atoms with E-state index in [9.17, 15) is 0 Å². The molecule has 59 valence electrons. The van der Waals surface area contributed by atoms with E-state index in [4.69, 9.17) is 0 Å². The van der Waals surface area contributed by atoms with E-state index in [2.05, 4.69) is 17.6 Å². The zero-order valence-electron chi connectivity index (χ0n) is 6.93.